The van der Waals surface area contributed by atoms with Crippen molar-refractivity contribution in [1.82, 2.24) is 14.5 Å². The molecule has 6 heteroatoms. The lowest BCUT2D eigenvalue weighted by Crippen LogP contribution is -2.38. The molecule has 0 atom stereocenters. The van der Waals surface area contributed by atoms with Gasteiger partial charge >= 0.3 is 5.76 Å². The van der Waals surface area contributed by atoms with E-state index in [0.717, 1.165) is 55.7 Å². The van der Waals surface area contributed by atoms with E-state index >= 15 is 0 Å². The third-order valence-corrected chi connectivity index (χ3v) is 4.17. The fraction of sp³-hybridized carbons (Fsp3) is 0.375. The molecule has 114 valence electrons. The van der Waals surface area contributed by atoms with Gasteiger partial charge in [-0.15, -0.1) is 0 Å². The van der Waals surface area contributed by atoms with Gasteiger partial charge in [0, 0.05) is 49.3 Å². The van der Waals surface area contributed by atoms with Gasteiger partial charge in [-0.3, -0.25) is 4.90 Å². The number of nitrogens with zero attached hydrogens (tertiary/aromatic N) is 3. The van der Waals surface area contributed by atoms with Crippen LogP contribution >= 0.6 is 0 Å². The third-order valence-electron chi connectivity index (χ3n) is 4.17. The topological polar surface area (TPSA) is 60.5 Å². The first-order valence-electron chi connectivity index (χ1n) is 7.49. The van der Waals surface area contributed by atoms with Crippen LogP contribution in [0.1, 0.15) is 0 Å². The lowest BCUT2D eigenvalue weighted by Gasteiger charge is -2.26. The summed E-state index contributed by atoms with van der Waals surface area (Å²) in [6, 6.07) is 6.01. The zero-order valence-corrected chi connectivity index (χ0v) is 12.2. The first kappa shape index (κ1) is 13.5. The van der Waals surface area contributed by atoms with Gasteiger partial charge in [0.1, 0.15) is 0 Å². The first-order chi connectivity index (χ1) is 10.8. The SMILES string of the molecule is O=c1ncc2ccc3ccn(CCN4CCOCC4)c3c2o1. The molecule has 0 saturated carbocycles. The van der Waals surface area contributed by atoms with Crippen LogP contribution in [0.15, 0.2) is 39.8 Å². The summed E-state index contributed by atoms with van der Waals surface area (Å²) in [6.07, 6.45) is 3.62. The van der Waals surface area contributed by atoms with E-state index in [0.29, 0.717) is 5.58 Å². The van der Waals surface area contributed by atoms with E-state index in [2.05, 4.69) is 20.5 Å². The summed E-state index contributed by atoms with van der Waals surface area (Å²) in [4.78, 5) is 17.5. The lowest BCUT2D eigenvalue weighted by molar-refractivity contribution is 0.0365. The second-order valence-electron chi connectivity index (χ2n) is 5.51. The van der Waals surface area contributed by atoms with Crippen LogP contribution < -0.4 is 5.76 Å². The Morgan fingerprint density at radius 2 is 1.91 bits per heavy atom. The Labute approximate surface area is 126 Å². The van der Waals surface area contributed by atoms with Gasteiger partial charge in [-0.1, -0.05) is 6.07 Å². The molecule has 0 unspecified atom stereocenters. The molecular formula is C16H17N3O3. The summed E-state index contributed by atoms with van der Waals surface area (Å²) < 4.78 is 12.9. The maximum atomic E-state index is 11.5. The minimum absolute atomic E-state index is 0.555. The van der Waals surface area contributed by atoms with Crippen LogP contribution in [0, 0.1) is 0 Å². The summed E-state index contributed by atoms with van der Waals surface area (Å²) in [5.74, 6) is -0.555. The van der Waals surface area contributed by atoms with E-state index in [1.165, 1.54) is 0 Å². The number of morpholine rings is 1. The highest BCUT2D eigenvalue weighted by molar-refractivity contribution is 6.01. The van der Waals surface area contributed by atoms with Crippen molar-refractivity contribution in [3.8, 4) is 0 Å². The number of aromatic nitrogens is 2. The van der Waals surface area contributed by atoms with Gasteiger partial charge in [0.05, 0.1) is 18.7 Å². The molecule has 1 aromatic carbocycles. The van der Waals surface area contributed by atoms with Crippen LogP contribution in [-0.2, 0) is 11.3 Å². The van der Waals surface area contributed by atoms with Gasteiger partial charge in [0.2, 0.25) is 0 Å². The number of benzene rings is 1. The number of hydrogen-bond acceptors (Lipinski definition) is 5. The summed E-state index contributed by atoms with van der Waals surface area (Å²) in [5.41, 5.74) is 1.58. The summed E-state index contributed by atoms with van der Waals surface area (Å²) in [7, 11) is 0. The predicted molar refractivity (Wildman–Crippen MR) is 83.0 cm³/mol. The highest BCUT2D eigenvalue weighted by Crippen LogP contribution is 2.25. The van der Waals surface area contributed by atoms with Crippen LogP contribution in [-0.4, -0.2) is 47.3 Å². The molecular weight excluding hydrogens is 282 g/mol. The smallest absolute Gasteiger partial charge is 0.406 e. The van der Waals surface area contributed by atoms with Crippen molar-refractivity contribution in [1.29, 1.82) is 0 Å². The van der Waals surface area contributed by atoms with E-state index in [-0.39, 0.29) is 0 Å². The van der Waals surface area contributed by atoms with Crippen LogP contribution in [0.25, 0.3) is 21.9 Å². The molecule has 1 aliphatic heterocycles. The van der Waals surface area contributed by atoms with Crippen molar-refractivity contribution in [2.75, 3.05) is 32.8 Å². The van der Waals surface area contributed by atoms with E-state index in [9.17, 15) is 4.79 Å². The average Bonchev–Trinajstić information content (AvgIpc) is 2.97. The lowest BCUT2D eigenvalue weighted by atomic mass is 10.2. The van der Waals surface area contributed by atoms with Crippen molar-refractivity contribution in [3.05, 3.63) is 41.1 Å². The largest absolute Gasteiger partial charge is 0.439 e. The second-order valence-corrected chi connectivity index (χ2v) is 5.51. The number of ether oxygens (including phenoxy) is 1. The first-order valence-corrected chi connectivity index (χ1v) is 7.49. The van der Waals surface area contributed by atoms with Crippen molar-refractivity contribution >= 4 is 21.9 Å². The van der Waals surface area contributed by atoms with Crippen molar-refractivity contribution in [2.45, 2.75) is 6.54 Å². The summed E-state index contributed by atoms with van der Waals surface area (Å²) in [5, 5.41) is 1.92. The van der Waals surface area contributed by atoms with Gasteiger partial charge in [-0.05, 0) is 12.1 Å². The van der Waals surface area contributed by atoms with Crippen LogP contribution in [0.3, 0.4) is 0 Å². The van der Waals surface area contributed by atoms with Crippen molar-refractivity contribution in [3.63, 3.8) is 0 Å². The normalized spacial score (nSPS) is 16.5. The Morgan fingerprint density at radius 3 is 2.77 bits per heavy atom. The Hall–Kier alpha value is -2.18. The zero-order valence-electron chi connectivity index (χ0n) is 12.2. The molecule has 0 radical (unpaired) electrons. The molecule has 0 amide bonds. The number of fused-ring (bicyclic) bond motifs is 3. The molecule has 1 saturated heterocycles. The molecule has 0 N–H and O–H groups in total. The molecule has 4 rings (SSSR count). The highest BCUT2D eigenvalue weighted by atomic mass is 16.5. The summed E-state index contributed by atoms with van der Waals surface area (Å²) in [6.45, 7) is 5.36. The van der Waals surface area contributed by atoms with E-state index in [1.807, 2.05) is 18.3 Å². The fourth-order valence-corrected chi connectivity index (χ4v) is 2.98. The third kappa shape index (κ3) is 2.40. The van der Waals surface area contributed by atoms with Crippen molar-refractivity contribution < 1.29 is 9.15 Å². The molecule has 0 aliphatic carbocycles. The van der Waals surface area contributed by atoms with Gasteiger partial charge in [0.15, 0.2) is 5.58 Å². The second kappa shape index (κ2) is 5.55. The minimum Gasteiger partial charge on any atom is -0.406 e. The Balaban J connectivity index is 1.71. The van der Waals surface area contributed by atoms with Crippen LogP contribution in [0.4, 0.5) is 0 Å². The van der Waals surface area contributed by atoms with Gasteiger partial charge in [0.25, 0.3) is 0 Å². The molecule has 1 fully saturated rings. The minimum atomic E-state index is -0.555. The Bertz CT molecular complexity index is 862. The predicted octanol–water partition coefficient (Wildman–Crippen LogP) is 1.47. The van der Waals surface area contributed by atoms with Crippen LogP contribution in [0.2, 0.25) is 0 Å². The quantitative estimate of drug-likeness (QED) is 0.733. The Kier molecular flexibility index (Phi) is 3.40. The van der Waals surface area contributed by atoms with E-state index in [1.54, 1.807) is 6.20 Å². The highest BCUT2D eigenvalue weighted by Gasteiger charge is 2.12. The molecule has 1 aliphatic rings. The molecule has 3 aromatic rings. The van der Waals surface area contributed by atoms with Crippen LogP contribution in [0.5, 0.6) is 0 Å². The van der Waals surface area contributed by atoms with Gasteiger partial charge in [-0.25, -0.2) is 4.79 Å². The average molecular weight is 299 g/mol. The molecule has 3 heterocycles. The fourth-order valence-electron chi connectivity index (χ4n) is 2.98. The zero-order chi connectivity index (χ0) is 14.9. The molecule has 0 spiro atoms. The van der Waals surface area contributed by atoms with Crippen molar-refractivity contribution in [2.24, 2.45) is 0 Å². The molecule has 22 heavy (non-hydrogen) atoms. The summed E-state index contributed by atoms with van der Waals surface area (Å²) >= 11 is 0. The maximum absolute atomic E-state index is 11.5. The molecule has 0 bridgehead atoms. The molecule has 6 nitrogen and oxygen atoms in total. The number of rotatable bonds is 3. The monoisotopic (exact) mass is 299 g/mol. The maximum Gasteiger partial charge on any atom is 0.439 e. The van der Waals surface area contributed by atoms with E-state index in [4.69, 9.17) is 9.15 Å². The van der Waals surface area contributed by atoms with Gasteiger partial charge < -0.3 is 13.7 Å². The van der Waals surface area contributed by atoms with Gasteiger partial charge in [-0.2, -0.15) is 4.98 Å². The standard InChI is InChI=1S/C16H17N3O3/c20-16-17-11-13-2-1-12-3-4-19(14(12)15(13)22-16)6-5-18-7-9-21-10-8-18/h1-4,11H,5-10H2. The van der Waals surface area contributed by atoms with E-state index < -0.39 is 5.76 Å². The molecule has 2 aromatic heterocycles. The Morgan fingerprint density at radius 1 is 1.09 bits per heavy atom. The number of hydrogen-bond donors (Lipinski definition) is 0.